The first kappa shape index (κ1) is 24.7. The first-order valence-corrected chi connectivity index (χ1v) is 8.63. The quantitative estimate of drug-likeness (QED) is 0.398. The lowest BCUT2D eigenvalue weighted by Gasteiger charge is -2.04. The summed E-state index contributed by atoms with van der Waals surface area (Å²) < 4.78 is 2.21. The maximum absolute atomic E-state index is 3.90. The summed E-state index contributed by atoms with van der Waals surface area (Å²) in [6.45, 7) is 27.2. The van der Waals surface area contributed by atoms with Crippen molar-refractivity contribution in [3.8, 4) is 0 Å². The minimum absolute atomic E-state index is 1.16. The summed E-state index contributed by atoms with van der Waals surface area (Å²) in [5.41, 5.74) is 6.07. The summed E-state index contributed by atoms with van der Waals surface area (Å²) in [6, 6.07) is 6.53. The Balaban J connectivity index is 0. The molecule has 0 amide bonds. The Hall–Kier alpha value is -2.54. The summed E-state index contributed by atoms with van der Waals surface area (Å²) >= 11 is 0. The molecule has 0 aliphatic carbocycles. The van der Waals surface area contributed by atoms with E-state index in [-0.39, 0.29) is 0 Å². The van der Waals surface area contributed by atoms with E-state index >= 15 is 0 Å². The van der Waals surface area contributed by atoms with Gasteiger partial charge in [-0.15, -0.1) is 19.7 Å². The Labute approximate surface area is 155 Å². The molecule has 0 spiro atoms. The van der Waals surface area contributed by atoms with Gasteiger partial charge < -0.3 is 4.57 Å². The van der Waals surface area contributed by atoms with Gasteiger partial charge in [0.1, 0.15) is 0 Å². The minimum Gasteiger partial charge on any atom is -0.347 e. The van der Waals surface area contributed by atoms with Gasteiger partial charge in [-0.3, -0.25) is 0 Å². The predicted molar refractivity (Wildman–Crippen MR) is 120 cm³/mol. The largest absolute Gasteiger partial charge is 0.347 e. The van der Waals surface area contributed by atoms with Crippen LogP contribution >= 0.6 is 0 Å². The highest BCUT2D eigenvalue weighted by molar-refractivity contribution is 5.93. The standard InChI is InChI=1S/C17H19N.C3H6.C2H6.C2H4/c1-6-13(7-2)14-9-10-16-15(8-3)12(4)18(5)17(16)11-14;1-3-2;2*1-2/h6-11H,1,3H2,2,4-5H3;3H,1H2,2H3;1-2H3;1-2H2/b13-7+;;;. The van der Waals surface area contributed by atoms with Gasteiger partial charge in [0.05, 0.1) is 0 Å². The van der Waals surface area contributed by atoms with E-state index in [1.54, 1.807) is 6.08 Å². The fourth-order valence-corrected chi connectivity index (χ4v) is 2.43. The number of rotatable bonds is 3. The molecule has 1 aromatic carbocycles. The first-order chi connectivity index (χ1) is 12.0. The second-order valence-electron chi connectivity index (χ2n) is 4.85. The zero-order chi connectivity index (χ0) is 20.0. The van der Waals surface area contributed by atoms with Crippen LogP contribution in [0, 0.1) is 6.92 Å². The van der Waals surface area contributed by atoms with E-state index in [1.165, 1.54) is 27.7 Å². The van der Waals surface area contributed by atoms with Crippen molar-refractivity contribution >= 4 is 22.6 Å². The van der Waals surface area contributed by atoms with Crippen LogP contribution < -0.4 is 0 Å². The molecule has 1 aromatic heterocycles. The second-order valence-corrected chi connectivity index (χ2v) is 4.85. The smallest absolute Gasteiger partial charge is 0.0492 e. The number of aromatic nitrogens is 1. The highest BCUT2D eigenvalue weighted by Crippen LogP contribution is 2.28. The molecule has 2 aromatic rings. The van der Waals surface area contributed by atoms with Gasteiger partial charge >= 0.3 is 0 Å². The zero-order valence-electron chi connectivity index (χ0n) is 17.0. The lowest BCUT2D eigenvalue weighted by atomic mass is 10.0. The van der Waals surface area contributed by atoms with Crippen molar-refractivity contribution in [3.63, 3.8) is 0 Å². The number of fused-ring (bicyclic) bond motifs is 1. The number of aryl methyl sites for hydroxylation is 1. The highest BCUT2D eigenvalue weighted by Gasteiger charge is 2.10. The topological polar surface area (TPSA) is 4.93 Å². The summed E-state index contributed by atoms with van der Waals surface area (Å²) in [6.07, 6.45) is 7.66. The molecule has 0 aliphatic rings. The van der Waals surface area contributed by atoms with Crippen molar-refractivity contribution in [1.82, 2.24) is 4.57 Å². The molecule has 0 saturated heterocycles. The molecule has 0 fully saturated rings. The van der Waals surface area contributed by atoms with Crippen molar-refractivity contribution < 1.29 is 0 Å². The van der Waals surface area contributed by atoms with E-state index in [0.29, 0.717) is 0 Å². The summed E-state index contributed by atoms with van der Waals surface area (Å²) in [4.78, 5) is 0. The van der Waals surface area contributed by atoms with Crippen LogP contribution in [0.5, 0.6) is 0 Å². The number of hydrogen-bond acceptors (Lipinski definition) is 0. The number of benzene rings is 1. The van der Waals surface area contributed by atoms with Gasteiger partial charge in [-0.2, -0.15) is 0 Å². The third-order valence-corrected chi connectivity index (χ3v) is 3.61. The van der Waals surface area contributed by atoms with Crippen LogP contribution in [0.2, 0.25) is 0 Å². The van der Waals surface area contributed by atoms with Gasteiger partial charge in [-0.25, -0.2) is 0 Å². The number of hydrogen-bond donors (Lipinski definition) is 0. The second kappa shape index (κ2) is 13.9. The van der Waals surface area contributed by atoms with Crippen molar-refractivity contribution in [3.05, 3.63) is 86.1 Å². The maximum Gasteiger partial charge on any atom is 0.0492 e. The summed E-state index contributed by atoms with van der Waals surface area (Å²) in [5.74, 6) is 0. The Morgan fingerprint density at radius 1 is 1.04 bits per heavy atom. The van der Waals surface area contributed by atoms with Crippen LogP contribution in [-0.4, -0.2) is 4.57 Å². The molecule has 1 heterocycles. The average molecular weight is 338 g/mol. The molecule has 1 nitrogen and oxygen atoms in total. The third-order valence-electron chi connectivity index (χ3n) is 3.61. The van der Waals surface area contributed by atoms with E-state index < -0.39 is 0 Å². The Kier molecular flexibility index (Phi) is 13.7. The van der Waals surface area contributed by atoms with Crippen molar-refractivity contribution in [1.29, 1.82) is 0 Å². The van der Waals surface area contributed by atoms with Crippen LogP contribution in [0.15, 0.2) is 69.3 Å². The average Bonchev–Trinajstić information content (AvgIpc) is 2.90. The molecule has 0 unspecified atom stereocenters. The SMILES string of the molecule is C=C.C=C/C(=C\C)c1ccc2c(C=C)c(C)n(C)c2c1.C=CC.CC. The molecule has 2 rings (SSSR count). The number of nitrogens with zero attached hydrogens (tertiary/aromatic N) is 1. The molecule has 1 heteroatoms. The molecule has 0 atom stereocenters. The van der Waals surface area contributed by atoms with Crippen LogP contribution in [0.25, 0.3) is 22.6 Å². The van der Waals surface area contributed by atoms with E-state index in [0.717, 1.165) is 5.57 Å². The number of allylic oxidation sites excluding steroid dienone is 4. The lowest BCUT2D eigenvalue weighted by molar-refractivity contribution is 0.916. The van der Waals surface area contributed by atoms with Gasteiger partial charge in [0.25, 0.3) is 0 Å². The Morgan fingerprint density at radius 3 is 1.96 bits per heavy atom. The summed E-state index contributed by atoms with van der Waals surface area (Å²) in [5, 5.41) is 1.26. The van der Waals surface area contributed by atoms with Gasteiger partial charge in [0.2, 0.25) is 0 Å². The normalized spacial score (nSPS) is 9.44. The lowest BCUT2D eigenvalue weighted by Crippen LogP contribution is -1.91. The molecular weight excluding hydrogens is 302 g/mol. The molecule has 0 bridgehead atoms. The maximum atomic E-state index is 3.90. The van der Waals surface area contributed by atoms with Crippen molar-refractivity contribution in [2.75, 3.05) is 0 Å². The predicted octanol–water partition coefficient (Wildman–Crippen LogP) is 7.74. The van der Waals surface area contributed by atoms with Crippen LogP contribution in [0.1, 0.15) is 44.5 Å². The molecule has 0 aliphatic heterocycles. The summed E-state index contributed by atoms with van der Waals surface area (Å²) in [7, 11) is 2.09. The van der Waals surface area contributed by atoms with Gasteiger partial charge in [0.15, 0.2) is 0 Å². The Bertz CT molecular complexity index is 711. The molecular formula is C24H35N. The van der Waals surface area contributed by atoms with Gasteiger partial charge in [-0.05, 0) is 38.0 Å². The zero-order valence-corrected chi connectivity index (χ0v) is 17.0. The first-order valence-electron chi connectivity index (χ1n) is 8.63. The van der Waals surface area contributed by atoms with E-state index in [1.807, 2.05) is 39.8 Å². The van der Waals surface area contributed by atoms with E-state index in [9.17, 15) is 0 Å². The van der Waals surface area contributed by atoms with Crippen molar-refractivity contribution in [2.24, 2.45) is 7.05 Å². The molecule has 136 valence electrons. The third kappa shape index (κ3) is 6.11. The van der Waals surface area contributed by atoms with E-state index in [4.69, 9.17) is 0 Å². The van der Waals surface area contributed by atoms with Crippen molar-refractivity contribution in [2.45, 2.75) is 34.6 Å². The fraction of sp³-hybridized carbons (Fsp3) is 0.250. The van der Waals surface area contributed by atoms with Crippen LogP contribution in [0.4, 0.5) is 0 Å². The van der Waals surface area contributed by atoms with Crippen LogP contribution in [0.3, 0.4) is 0 Å². The van der Waals surface area contributed by atoms with E-state index in [2.05, 4.69) is 75.7 Å². The molecule has 0 radical (unpaired) electrons. The Morgan fingerprint density at radius 2 is 1.56 bits per heavy atom. The monoisotopic (exact) mass is 337 g/mol. The fourth-order valence-electron chi connectivity index (χ4n) is 2.43. The highest BCUT2D eigenvalue weighted by atomic mass is 14.9. The molecule has 25 heavy (non-hydrogen) atoms. The van der Waals surface area contributed by atoms with Gasteiger partial charge in [0, 0.05) is 29.2 Å². The molecule has 0 saturated carbocycles. The van der Waals surface area contributed by atoms with Gasteiger partial charge in [-0.1, -0.05) is 63.4 Å². The minimum atomic E-state index is 1.16. The van der Waals surface area contributed by atoms with Crippen LogP contribution in [-0.2, 0) is 7.05 Å². The molecule has 0 N–H and O–H groups in total.